The number of rotatable bonds is 7. The molecule has 3 aliphatic rings. The number of carbonyl (C=O) groups excluding carboxylic acids is 3. The summed E-state index contributed by atoms with van der Waals surface area (Å²) in [5.41, 5.74) is 2.31. The Morgan fingerprint density at radius 2 is 1.80 bits per heavy atom. The minimum Gasteiger partial charge on any atom is -0.300 e. The first-order chi connectivity index (χ1) is 16.9. The minimum absolute atomic E-state index is 0.156. The van der Waals surface area contributed by atoms with E-state index in [1.54, 1.807) is 0 Å². The van der Waals surface area contributed by atoms with Crippen LogP contribution in [0.15, 0.2) is 42.5 Å². The van der Waals surface area contributed by atoms with Gasteiger partial charge in [0.2, 0.25) is 17.7 Å². The van der Waals surface area contributed by atoms with Gasteiger partial charge >= 0.3 is 0 Å². The number of nitrogens with zero attached hydrogens (tertiary/aromatic N) is 3. The van der Waals surface area contributed by atoms with E-state index < -0.39 is 6.04 Å². The van der Waals surface area contributed by atoms with Crippen molar-refractivity contribution in [1.82, 2.24) is 14.8 Å². The van der Waals surface area contributed by atoms with Crippen LogP contribution in [0.25, 0.3) is 0 Å². The van der Waals surface area contributed by atoms with Crippen molar-refractivity contribution in [2.75, 3.05) is 11.9 Å². The lowest BCUT2D eigenvalue weighted by Crippen LogP contribution is -2.48. The van der Waals surface area contributed by atoms with Gasteiger partial charge in [0.25, 0.3) is 0 Å². The van der Waals surface area contributed by atoms with Gasteiger partial charge in [0, 0.05) is 30.9 Å². The Labute approximate surface area is 210 Å². The van der Waals surface area contributed by atoms with E-state index >= 15 is 0 Å². The van der Waals surface area contributed by atoms with Crippen LogP contribution in [0.5, 0.6) is 0 Å². The highest BCUT2D eigenvalue weighted by molar-refractivity contribution is 7.15. The highest BCUT2D eigenvalue weighted by Crippen LogP contribution is 2.37. The predicted octanol–water partition coefficient (Wildman–Crippen LogP) is 4.01. The third-order valence-electron chi connectivity index (χ3n) is 7.14. The number of aromatic nitrogens is 1. The highest BCUT2D eigenvalue weighted by atomic mass is 32.1. The van der Waals surface area contributed by atoms with E-state index in [0.717, 1.165) is 36.6 Å². The second-order valence-electron chi connectivity index (χ2n) is 10.2. The van der Waals surface area contributed by atoms with Gasteiger partial charge in [-0.05, 0) is 30.7 Å². The van der Waals surface area contributed by atoms with Gasteiger partial charge in [-0.1, -0.05) is 56.3 Å². The van der Waals surface area contributed by atoms with Gasteiger partial charge in [-0.15, -0.1) is 11.3 Å². The van der Waals surface area contributed by atoms with Crippen LogP contribution in [0.3, 0.4) is 0 Å². The summed E-state index contributed by atoms with van der Waals surface area (Å²) in [5, 5.41) is 3.51. The van der Waals surface area contributed by atoms with Crippen molar-refractivity contribution in [2.45, 2.75) is 58.7 Å². The molecule has 8 heteroatoms. The summed E-state index contributed by atoms with van der Waals surface area (Å²) in [6, 6.07) is 9.60. The van der Waals surface area contributed by atoms with Crippen LogP contribution < -0.4 is 5.32 Å². The molecule has 0 spiro atoms. The molecule has 1 N–H and O–H groups in total. The lowest BCUT2D eigenvalue weighted by molar-refractivity contribution is -0.147. The number of hydrogen-bond donors (Lipinski definition) is 1. The topological polar surface area (TPSA) is 82.6 Å². The van der Waals surface area contributed by atoms with Crippen molar-refractivity contribution < 1.29 is 14.4 Å². The summed E-state index contributed by atoms with van der Waals surface area (Å²) < 4.78 is 0. The van der Waals surface area contributed by atoms with Crippen molar-refractivity contribution in [1.29, 1.82) is 0 Å². The van der Waals surface area contributed by atoms with E-state index in [2.05, 4.69) is 34.5 Å². The molecule has 3 amide bonds. The van der Waals surface area contributed by atoms with E-state index in [4.69, 9.17) is 4.98 Å². The number of benzene rings is 1. The average Bonchev–Trinajstić information content (AvgIpc) is 3.35. The maximum absolute atomic E-state index is 13.4. The van der Waals surface area contributed by atoms with Crippen LogP contribution in [-0.4, -0.2) is 45.1 Å². The van der Waals surface area contributed by atoms with E-state index in [1.165, 1.54) is 21.8 Å². The number of carbonyl (C=O) groups is 3. The quantitative estimate of drug-likeness (QED) is 0.467. The molecule has 1 fully saturated rings. The van der Waals surface area contributed by atoms with Gasteiger partial charge in [0.05, 0.1) is 17.5 Å². The van der Waals surface area contributed by atoms with E-state index in [9.17, 15) is 14.4 Å². The van der Waals surface area contributed by atoms with Crippen LogP contribution in [0.4, 0.5) is 5.13 Å². The average molecular weight is 493 g/mol. The molecule has 1 aromatic carbocycles. The minimum atomic E-state index is -0.809. The second-order valence-corrected chi connectivity index (χ2v) is 11.3. The molecule has 0 radical (unpaired) electrons. The van der Waals surface area contributed by atoms with Crippen molar-refractivity contribution in [2.24, 2.45) is 17.8 Å². The molecule has 5 rings (SSSR count). The molecule has 2 aromatic rings. The number of imide groups is 1. The number of likely N-dealkylation sites (tertiary alicyclic amines) is 1. The van der Waals surface area contributed by atoms with Crippen LogP contribution in [0.2, 0.25) is 0 Å². The molecule has 35 heavy (non-hydrogen) atoms. The Morgan fingerprint density at radius 3 is 2.46 bits per heavy atom. The third-order valence-corrected chi connectivity index (χ3v) is 8.14. The molecule has 2 aliphatic heterocycles. The monoisotopic (exact) mass is 492 g/mol. The largest absolute Gasteiger partial charge is 0.300 e. The highest BCUT2D eigenvalue weighted by Gasteiger charge is 2.51. The Balaban J connectivity index is 1.29. The Hall–Kier alpha value is -2.84. The molecular formula is C27H32N4O3S. The first kappa shape index (κ1) is 23.9. The number of allylic oxidation sites excluding steroid dienone is 2. The first-order valence-corrected chi connectivity index (χ1v) is 13.3. The summed E-state index contributed by atoms with van der Waals surface area (Å²) in [5.74, 6) is -1.25. The zero-order chi connectivity index (χ0) is 24.5. The van der Waals surface area contributed by atoms with Gasteiger partial charge in [0.1, 0.15) is 6.04 Å². The van der Waals surface area contributed by atoms with Gasteiger partial charge in [0.15, 0.2) is 5.13 Å². The summed E-state index contributed by atoms with van der Waals surface area (Å²) in [6.45, 7) is 6.61. The number of fused-ring (bicyclic) bond motifs is 2. The first-order valence-electron chi connectivity index (χ1n) is 12.5. The smallest absolute Gasteiger partial charge is 0.249 e. The van der Waals surface area contributed by atoms with Crippen LogP contribution >= 0.6 is 11.3 Å². The Bertz CT molecular complexity index is 1120. The zero-order valence-corrected chi connectivity index (χ0v) is 21.1. The number of anilines is 1. The molecule has 3 heterocycles. The molecule has 0 saturated carbocycles. The predicted molar refractivity (Wildman–Crippen MR) is 135 cm³/mol. The van der Waals surface area contributed by atoms with Crippen molar-refractivity contribution in [3.05, 3.63) is 58.6 Å². The molecule has 1 aromatic heterocycles. The maximum Gasteiger partial charge on any atom is 0.249 e. The molecule has 1 saturated heterocycles. The molecule has 7 nitrogen and oxygen atoms in total. The fourth-order valence-electron chi connectivity index (χ4n) is 5.38. The molecule has 0 bridgehead atoms. The summed E-state index contributed by atoms with van der Waals surface area (Å²) in [4.78, 5) is 49.2. The standard InChI is InChI=1S/C27H32N4O3S/c1-17(2)14-22(31-25(33)19-10-6-7-11-20(19)26(31)34)24(32)29-27-28-21-12-13-30(16-23(21)35-27)15-18-8-4-3-5-9-18/h3-9,17,19-20,22H,10-16H2,1-2H3,(H,28,29,32). The van der Waals surface area contributed by atoms with Crippen LogP contribution in [0, 0.1) is 17.8 Å². The maximum atomic E-state index is 13.4. The number of thiazole rings is 1. The Kier molecular flexibility index (Phi) is 6.84. The third kappa shape index (κ3) is 4.95. The van der Waals surface area contributed by atoms with E-state index in [-0.39, 0.29) is 35.5 Å². The SMILES string of the molecule is CC(C)CC(C(=O)Nc1nc2c(s1)CN(Cc1ccccc1)CC2)N1C(=O)C2CC=CCC2C1=O. The number of nitrogens with one attached hydrogen (secondary N) is 1. The van der Waals surface area contributed by atoms with Gasteiger partial charge in [-0.3, -0.25) is 24.2 Å². The molecule has 3 atom stereocenters. The van der Waals surface area contributed by atoms with Crippen LogP contribution in [0.1, 0.15) is 49.2 Å². The van der Waals surface area contributed by atoms with Gasteiger partial charge in [-0.25, -0.2) is 4.98 Å². The summed E-state index contributed by atoms with van der Waals surface area (Å²) >= 11 is 1.50. The van der Waals surface area contributed by atoms with E-state index in [1.807, 2.05) is 32.1 Å². The fourth-order valence-corrected chi connectivity index (χ4v) is 6.43. The molecule has 3 unspecified atom stereocenters. The second kappa shape index (κ2) is 10.0. The number of hydrogen-bond acceptors (Lipinski definition) is 6. The molecule has 184 valence electrons. The summed E-state index contributed by atoms with van der Waals surface area (Å²) in [7, 11) is 0. The van der Waals surface area contributed by atoms with Crippen molar-refractivity contribution >= 4 is 34.2 Å². The van der Waals surface area contributed by atoms with Crippen molar-refractivity contribution in [3.8, 4) is 0 Å². The van der Waals surface area contributed by atoms with Crippen LogP contribution in [-0.2, 0) is 33.9 Å². The lowest BCUT2D eigenvalue weighted by atomic mass is 9.85. The van der Waals surface area contributed by atoms with Gasteiger partial charge in [-0.2, -0.15) is 0 Å². The number of amides is 3. The molecular weight excluding hydrogens is 460 g/mol. The molecule has 1 aliphatic carbocycles. The Morgan fingerprint density at radius 1 is 1.11 bits per heavy atom. The lowest BCUT2D eigenvalue weighted by Gasteiger charge is -2.27. The fraction of sp³-hybridized carbons (Fsp3) is 0.481. The zero-order valence-electron chi connectivity index (χ0n) is 20.3. The van der Waals surface area contributed by atoms with E-state index in [0.29, 0.717) is 24.4 Å². The normalized spacial score (nSPS) is 22.9. The van der Waals surface area contributed by atoms with Crippen molar-refractivity contribution in [3.63, 3.8) is 0 Å². The van der Waals surface area contributed by atoms with Gasteiger partial charge < -0.3 is 5.32 Å². The summed E-state index contributed by atoms with van der Waals surface area (Å²) in [6.07, 6.45) is 6.35.